The molecular weight excluding hydrogens is 272 g/mol. The summed E-state index contributed by atoms with van der Waals surface area (Å²) in [5.74, 6) is -0.522. The van der Waals surface area contributed by atoms with Gasteiger partial charge in [0.15, 0.2) is 0 Å². The van der Waals surface area contributed by atoms with Crippen LogP contribution in [0, 0.1) is 0 Å². The Bertz CT molecular complexity index is 528. The molecule has 0 aliphatic carbocycles. The molecule has 0 aromatic heterocycles. The van der Waals surface area contributed by atoms with E-state index in [-0.39, 0.29) is 0 Å². The highest BCUT2D eigenvalue weighted by Gasteiger charge is 2.15. The molecular formula is C15H20N2O4. The first kappa shape index (κ1) is 16.7. The summed E-state index contributed by atoms with van der Waals surface area (Å²) in [4.78, 5) is 22.8. The highest BCUT2D eigenvalue weighted by atomic mass is 16.6. The summed E-state index contributed by atoms with van der Waals surface area (Å²) in [7, 11) is 1.25. The van der Waals surface area contributed by atoms with E-state index in [1.54, 1.807) is 51.1 Å². The second-order valence-electron chi connectivity index (χ2n) is 5.44. The average Bonchev–Trinajstić information content (AvgIpc) is 2.35. The highest BCUT2D eigenvalue weighted by Crippen LogP contribution is 2.13. The summed E-state index contributed by atoms with van der Waals surface area (Å²) in [6.45, 7) is 5.36. The number of hydrogen-bond donors (Lipinski definition) is 2. The van der Waals surface area contributed by atoms with Crippen molar-refractivity contribution < 1.29 is 19.5 Å². The van der Waals surface area contributed by atoms with E-state index in [1.165, 1.54) is 13.1 Å². The van der Waals surface area contributed by atoms with Gasteiger partial charge < -0.3 is 4.74 Å². The number of amides is 2. The molecule has 1 rings (SSSR count). The van der Waals surface area contributed by atoms with E-state index in [4.69, 9.17) is 9.94 Å². The van der Waals surface area contributed by atoms with E-state index in [0.29, 0.717) is 10.8 Å². The second-order valence-corrected chi connectivity index (χ2v) is 5.44. The zero-order valence-electron chi connectivity index (χ0n) is 12.6. The number of rotatable bonds is 3. The topological polar surface area (TPSA) is 78.9 Å². The molecule has 0 aliphatic heterocycles. The minimum atomic E-state index is -0.552. The van der Waals surface area contributed by atoms with Crippen molar-refractivity contribution in [3.63, 3.8) is 0 Å². The van der Waals surface area contributed by atoms with Crippen LogP contribution in [0.5, 0.6) is 0 Å². The van der Waals surface area contributed by atoms with Crippen molar-refractivity contribution in [1.29, 1.82) is 0 Å². The van der Waals surface area contributed by atoms with Crippen molar-refractivity contribution in [3.8, 4) is 0 Å². The fourth-order valence-corrected chi connectivity index (χ4v) is 1.37. The maximum absolute atomic E-state index is 11.6. The molecule has 6 heteroatoms. The Kier molecular flexibility index (Phi) is 5.49. The van der Waals surface area contributed by atoms with E-state index in [0.717, 1.165) is 5.56 Å². The number of hydrogen-bond acceptors (Lipinski definition) is 4. The smallest absolute Gasteiger partial charge is 0.412 e. The van der Waals surface area contributed by atoms with Crippen molar-refractivity contribution in [2.45, 2.75) is 26.4 Å². The lowest BCUT2D eigenvalue weighted by atomic mass is 10.2. The minimum absolute atomic E-state index is 0.495. The average molecular weight is 292 g/mol. The fourth-order valence-electron chi connectivity index (χ4n) is 1.37. The van der Waals surface area contributed by atoms with Crippen molar-refractivity contribution in [2.75, 3.05) is 12.4 Å². The van der Waals surface area contributed by atoms with Crippen LogP contribution in [0.3, 0.4) is 0 Å². The Hall–Kier alpha value is -2.34. The molecule has 0 saturated carbocycles. The zero-order valence-corrected chi connectivity index (χ0v) is 12.6. The van der Waals surface area contributed by atoms with Gasteiger partial charge in [-0.3, -0.25) is 15.3 Å². The summed E-state index contributed by atoms with van der Waals surface area (Å²) in [5.41, 5.74) is 0.802. The van der Waals surface area contributed by atoms with Gasteiger partial charge in [0.2, 0.25) is 0 Å². The van der Waals surface area contributed by atoms with E-state index >= 15 is 0 Å². The number of carbonyl (C=O) groups excluding carboxylic acids is 2. The molecule has 0 spiro atoms. The normalized spacial score (nSPS) is 11.3. The highest BCUT2D eigenvalue weighted by molar-refractivity contribution is 5.91. The van der Waals surface area contributed by atoms with Gasteiger partial charge >= 0.3 is 6.09 Å². The number of likely N-dealkylation sites (N-methyl/N-ethyl adjacent to an activating group) is 1. The molecule has 0 aliphatic rings. The van der Waals surface area contributed by atoms with Crippen molar-refractivity contribution >= 4 is 23.8 Å². The molecule has 1 aromatic rings. The lowest BCUT2D eigenvalue weighted by molar-refractivity contribution is -0.153. The summed E-state index contributed by atoms with van der Waals surface area (Å²) in [5, 5.41) is 12.0. The monoisotopic (exact) mass is 292 g/mol. The number of hydroxylamine groups is 2. The third-order valence-electron chi connectivity index (χ3n) is 2.29. The molecule has 114 valence electrons. The van der Waals surface area contributed by atoms with Crippen molar-refractivity contribution in [1.82, 2.24) is 5.06 Å². The quantitative estimate of drug-likeness (QED) is 0.510. The minimum Gasteiger partial charge on any atom is -0.444 e. The summed E-state index contributed by atoms with van der Waals surface area (Å²) < 4.78 is 5.14. The first-order chi connectivity index (χ1) is 9.67. The molecule has 1 aromatic carbocycles. The van der Waals surface area contributed by atoms with Gasteiger partial charge in [0.05, 0.1) is 0 Å². The van der Waals surface area contributed by atoms with Crippen LogP contribution < -0.4 is 5.32 Å². The number of nitrogens with zero attached hydrogens (tertiary/aromatic N) is 1. The van der Waals surface area contributed by atoms with Gasteiger partial charge in [-0.15, -0.1) is 0 Å². The Morgan fingerprint density at radius 1 is 1.24 bits per heavy atom. The Morgan fingerprint density at radius 3 is 2.29 bits per heavy atom. The molecule has 6 nitrogen and oxygen atoms in total. The maximum Gasteiger partial charge on any atom is 0.412 e. The van der Waals surface area contributed by atoms with Gasteiger partial charge in [-0.05, 0) is 44.5 Å². The third-order valence-corrected chi connectivity index (χ3v) is 2.29. The summed E-state index contributed by atoms with van der Waals surface area (Å²) >= 11 is 0. The molecule has 0 atom stereocenters. The Morgan fingerprint density at radius 2 is 1.81 bits per heavy atom. The van der Waals surface area contributed by atoms with Gasteiger partial charge in [0, 0.05) is 18.8 Å². The number of ether oxygens (including phenoxy) is 1. The molecule has 2 N–H and O–H groups in total. The molecule has 0 saturated heterocycles. The van der Waals surface area contributed by atoms with Crippen LogP contribution in [-0.4, -0.2) is 34.9 Å². The molecule has 2 amide bonds. The van der Waals surface area contributed by atoms with Gasteiger partial charge in [-0.1, -0.05) is 12.1 Å². The number of anilines is 1. The van der Waals surface area contributed by atoms with Crippen LogP contribution in [0.25, 0.3) is 6.08 Å². The second kappa shape index (κ2) is 6.90. The predicted molar refractivity (Wildman–Crippen MR) is 79.9 cm³/mol. The largest absolute Gasteiger partial charge is 0.444 e. The Labute approximate surface area is 124 Å². The lowest BCUT2D eigenvalue weighted by Gasteiger charge is -2.19. The van der Waals surface area contributed by atoms with Gasteiger partial charge in [-0.25, -0.2) is 9.86 Å². The molecule has 0 fully saturated rings. The molecule has 0 radical (unpaired) electrons. The van der Waals surface area contributed by atoms with E-state index < -0.39 is 17.6 Å². The van der Waals surface area contributed by atoms with Crippen LogP contribution in [0.15, 0.2) is 30.3 Å². The van der Waals surface area contributed by atoms with E-state index in [9.17, 15) is 9.59 Å². The lowest BCUT2D eigenvalue weighted by Crippen LogP contribution is -2.27. The molecule has 21 heavy (non-hydrogen) atoms. The Balaban J connectivity index is 2.62. The third kappa shape index (κ3) is 6.58. The molecule has 0 heterocycles. The standard InChI is InChI=1S/C15H20N2O4/c1-15(2,3)21-14(19)16-12-8-5-11(6-9-12)7-10-13(18)17(4)20/h5-10,20H,1-4H3,(H,16,19). The van der Waals surface area contributed by atoms with Crippen LogP contribution in [0.4, 0.5) is 10.5 Å². The van der Waals surface area contributed by atoms with E-state index in [1.807, 2.05) is 0 Å². The van der Waals surface area contributed by atoms with Crippen molar-refractivity contribution in [3.05, 3.63) is 35.9 Å². The number of carbonyl (C=O) groups is 2. The fraction of sp³-hybridized carbons (Fsp3) is 0.333. The zero-order chi connectivity index (χ0) is 16.0. The van der Waals surface area contributed by atoms with Gasteiger partial charge in [0.25, 0.3) is 5.91 Å². The number of nitrogens with one attached hydrogen (secondary N) is 1. The predicted octanol–water partition coefficient (Wildman–Crippen LogP) is 2.89. The molecule has 0 bridgehead atoms. The molecule has 0 unspecified atom stereocenters. The summed E-state index contributed by atoms with van der Waals surface area (Å²) in [6.07, 6.45) is 2.28. The first-order valence-electron chi connectivity index (χ1n) is 6.42. The van der Waals surface area contributed by atoms with Crippen LogP contribution in [-0.2, 0) is 9.53 Å². The number of benzene rings is 1. The van der Waals surface area contributed by atoms with Gasteiger partial charge in [0.1, 0.15) is 5.60 Å². The van der Waals surface area contributed by atoms with Crippen molar-refractivity contribution in [2.24, 2.45) is 0 Å². The van der Waals surface area contributed by atoms with Crippen LogP contribution >= 0.6 is 0 Å². The van der Waals surface area contributed by atoms with E-state index in [2.05, 4.69) is 5.32 Å². The maximum atomic E-state index is 11.6. The summed E-state index contributed by atoms with van der Waals surface area (Å²) in [6, 6.07) is 6.84. The van der Waals surface area contributed by atoms with Crippen LogP contribution in [0.1, 0.15) is 26.3 Å². The SMILES string of the molecule is CN(O)C(=O)C=Cc1ccc(NC(=O)OC(C)(C)C)cc1. The first-order valence-corrected chi connectivity index (χ1v) is 6.42. The van der Waals surface area contributed by atoms with Crippen LogP contribution in [0.2, 0.25) is 0 Å². The van der Waals surface area contributed by atoms with Gasteiger partial charge in [-0.2, -0.15) is 0 Å².